The Morgan fingerprint density at radius 2 is 1.50 bits per heavy atom. The van der Waals surface area contributed by atoms with Gasteiger partial charge in [-0.2, -0.15) is 0 Å². The molecular weight excluding hydrogens is 408 g/mol. The van der Waals surface area contributed by atoms with Gasteiger partial charge >= 0.3 is 0 Å². The number of anilines is 1. The van der Waals surface area contributed by atoms with Crippen LogP contribution in [0.15, 0.2) is 45.8 Å². The molecule has 8 heteroatoms. The average molecular weight is 416 g/mol. The third-order valence-corrected chi connectivity index (χ3v) is 5.03. The summed E-state index contributed by atoms with van der Waals surface area (Å²) in [6.45, 7) is 0. The van der Waals surface area contributed by atoms with Gasteiger partial charge in [-0.05, 0) is 52.3 Å². The molecule has 20 heavy (non-hydrogen) atoms. The average Bonchev–Trinajstić information content (AvgIpc) is 2.32. The van der Waals surface area contributed by atoms with Gasteiger partial charge in [0.1, 0.15) is 0 Å². The minimum atomic E-state index is -3.81. The predicted octanol–water partition coefficient (Wildman–Crippen LogP) is 5.21. The van der Waals surface area contributed by atoms with Crippen molar-refractivity contribution in [3.8, 4) is 0 Å². The fourth-order valence-electron chi connectivity index (χ4n) is 1.46. The van der Waals surface area contributed by atoms with E-state index in [2.05, 4.69) is 20.7 Å². The number of benzene rings is 2. The number of hydrogen-bond acceptors (Lipinski definition) is 2. The molecular formula is C12H7BrCl3NO2S. The SMILES string of the molecule is O=S(=O)(Nc1cc(Cl)ccc1Br)c1cc(Cl)cc(Cl)c1. The van der Waals surface area contributed by atoms with Crippen molar-refractivity contribution in [1.29, 1.82) is 0 Å². The van der Waals surface area contributed by atoms with Crippen molar-refractivity contribution < 1.29 is 8.42 Å². The predicted molar refractivity (Wildman–Crippen MR) is 86.4 cm³/mol. The van der Waals surface area contributed by atoms with E-state index in [9.17, 15) is 8.42 Å². The normalized spacial score (nSPS) is 11.4. The van der Waals surface area contributed by atoms with Crippen molar-refractivity contribution in [2.75, 3.05) is 4.72 Å². The summed E-state index contributed by atoms with van der Waals surface area (Å²) in [7, 11) is -3.81. The third-order valence-electron chi connectivity index (χ3n) is 2.32. The molecule has 0 aliphatic rings. The highest BCUT2D eigenvalue weighted by Gasteiger charge is 2.17. The Bertz CT molecular complexity index is 745. The molecule has 0 saturated carbocycles. The molecule has 2 aromatic carbocycles. The molecule has 0 heterocycles. The molecule has 106 valence electrons. The highest BCUT2D eigenvalue weighted by atomic mass is 79.9. The van der Waals surface area contributed by atoms with E-state index in [1.54, 1.807) is 12.1 Å². The first-order chi connectivity index (χ1) is 9.28. The summed E-state index contributed by atoms with van der Waals surface area (Å²) in [6, 6.07) is 8.86. The Kier molecular flexibility index (Phi) is 4.87. The van der Waals surface area contributed by atoms with Gasteiger partial charge in [-0.15, -0.1) is 0 Å². The molecule has 0 amide bonds. The summed E-state index contributed by atoms with van der Waals surface area (Å²) in [6.07, 6.45) is 0. The largest absolute Gasteiger partial charge is 0.278 e. The molecule has 2 aromatic rings. The monoisotopic (exact) mass is 413 g/mol. The van der Waals surface area contributed by atoms with Crippen LogP contribution in [0, 0.1) is 0 Å². The van der Waals surface area contributed by atoms with Gasteiger partial charge in [0.05, 0.1) is 10.6 Å². The summed E-state index contributed by atoms with van der Waals surface area (Å²) < 4.78 is 27.5. The van der Waals surface area contributed by atoms with Crippen molar-refractivity contribution in [3.63, 3.8) is 0 Å². The summed E-state index contributed by atoms with van der Waals surface area (Å²) >= 11 is 20.7. The zero-order chi connectivity index (χ0) is 14.9. The van der Waals surface area contributed by atoms with Crippen LogP contribution in [0.1, 0.15) is 0 Å². The van der Waals surface area contributed by atoms with Crippen LogP contribution >= 0.6 is 50.7 Å². The Labute approximate surface area is 140 Å². The Hall–Kier alpha value is -0.460. The van der Waals surface area contributed by atoms with Crippen LogP contribution in [0.3, 0.4) is 0 Å². The van der Waals surface area contributed by atoms with E-state index in [4.69, 9.17) is 34.8 Å². The van der Waals surface area contributed by atoms with Crippen LogP contribution < -0.4 is 4.72 Å². The molecule has 2 rings (SSSR count). The van der Waals surface area contributed by atoms with Gasteiger partial charge in [-0.1, -0.05) is 34.8 Å². The summed E-state index contributed by atoms with van der Waals surface area (Å²) in [5.41, 5.74) is 0.327. The maximum absolute atomic E-state index is 12.3. The number of halogens is 4. The number of rotatable bonds is 3. The van der Waals surface area contributed by atoms with Crippen LogP contribution in [-0.2, 0) is 10.0 Å². The van der Waals surface area contributed by atoms with Gasteiger partial charge in [0.2, 0.25) is 0 Å². The maximum atomic E-state index is 12.3. The quantitative estimate of drug-likeness (QED) is 0.748. The van der Waals surface area contributed by atoms with E-state index in [0.717, 1.165) is 0 Å². The third kappa shape index (κ3) is 3.80. The van der Waals surface area contributed by atoms with Crippen LogP contribution in [0.4, 0.5) is 5.69 Å². The standard InChI is InChI=1S/C12H7BrCl3NO2S/c13-11-2-1-7(14)6-12(11)17-20(18,19)10-4-8(15)3-9(16)5-10/h1-6,17H. The minimum Gasteiger partial charge on any atom is -0.278 e. The lowest BCUT2D eigenvalue weighted by molar-refractivity contribution is 0.601. The van der Waals surface area contributed by atoms with E-state index in [1.165, 1.54) is 24.3 Å². The Balaban J connectivity index is 2.43. The van der Waals surface area contributed by atoms with Crippen LogP contribution in [0.2, 0.25) is 15.1 Å². The fraction of sp³-hybridized carbons (Fsp3) is 0. The number of hydrogen-bond donors (Lipinski definition) is 1. The zero-order valence-corrected chi connectivity index (χ0v) is 14.4. The lowest BCUT2D eigenvalue weighted by Gasteiger charge is -2.10. The van der Waals surface area contributed by atoms with Crippen molar-refractivity contribution in [1.82, 2.24) is 0 Å². The maximum Gasteiger partial charge on any atom is 0.262 e. The van der Waals surface area contributed by atoms with E-state index >= 15 is 0 Å². The first-order valence-corrected chi connectivity index (χ1v) is 8.63. The van der Waals surface area contributed by atoms with Crippen LogP contribution in [-0.4, -0.2) is 8.42 Å². The van der Waals surface area contributed by atoms with Crippen molar-refractivity contribution >= 4 is 66.4 Å². The highest BCUT2D eigenvalue weighted by Crippen LogP contribution is 2.29. The molecule has 0 atom stereocenters. The molecule has 0 aliphatic carbocycles. The second-order valence-corrected chi connectivity index (χ2v) is 7.68. The fourth-order valence-corrected chi connectivity index (χ4v) is 3.91. The number of nitrogens with one attached hydrogen (secondary N) is 1. The van der Waals surface area contributed by atoms with E-state index < -0.39 is 10.0 Å². The Morgan fingerprint density at radius 1 is 0.900 bits per heavy atom. The molecule has 0 aliphatic heterocycles. The lowest BCUT2D eigenvalue weighted by Crippen LogP contribution is -2.13. The Morgan fingerprint density at radius 3 is 2.10 bits per heavy atom. The minimum absolute atomic E-state index is 0.0260. The highest BCUT2D eigenvalue weighted by molar-refractivity contribution is 9.10. The molecule has 0 fully saturated rings. The second kappa shape index (κ2) is 6.12. The van der Waals surface area contributed by atoms with Crippen molar-refractivity contribution in [2.24, 2.45) is 0 Å². The molecule has 0 radical (unpaired) electrons. The molecule has 0 aromatic heterocycles. The van der Waals surface area contributed by atoms with Gasteiger partial charge in [-0.25, -0.2) is 8.42 Å². The van der Waals surface area contributed by atoms with Crippen LogP contribution in [0.25, 0.3) is 0 Å². The van der Waals surface area contributed by atoms with Crippen LogP contribution in [0.5, 0.6) is 0 Å². The first-order valence-electron chi connectivity index (χ1n) is 5.22. The van der Waals surface area contributed by atoms with Crippen molar-refractivity contribution in [2.45, 2.75) is 4.90 Å². The van der Waals surface area contributed by atoms with Crippen molar-refractivity contribution in [3.05, 3.63) is 55.9 Å². The molecule has 0 spiro atoms. The van der Waals surface area contributed by atoms with E-state index in [0.29, 0.717) is 15.2 Å². The van der Waals surface area contributed by atoms with Gasteiger partial charge in [-0.3, -0.25) is 4.72 Å². The second-order valence-electron chi connectivity index (χ2n) is 3.83. The smallest absolute Gasteiger partial charge is 0.262 e. The van der Waals surface area contributed by atoms with Gasteiger partial charge in [0.25, 0.3) is 10.0 Å². The molecule has 0 bridgehead atoms. The topological polar surface area (TPSA) is 46.2 Å². The molecule has 1 N–H and O–H groups in total. The molecule has 0 unspecified atom stereocenters. The van der Waals surface area contributed by atoms with Gasteiger partial charge in [0, 0.05) is 19.5 Å². The molecule has 0 saturated heterocycles. The summed E-state index contributed by atoms with van der Waals surface area (Å²) in [5.74, 6) is 0. The lowest BCUT2D eigenvalue weighted by atomic mass is 10.3. The van der Waals surface area contributed by atoms with E-state index in [-0.39, 0.29) is 14.9 Å². The first kappa shape index (κ1) is 15.9. The number of sulfonamides is 1. The zero-order valence-electron chi connectivity index (χ0n) is 9.70. The van der Waals surface area contributed by atoms with Gasteiger partial charge in [0.15, 0.2) is 0 Å². The molecule has 3 nitrogen and oxygen atoms in total. The van der Waals surface area contributed by atoms with E-state index in [1.807, 2.05) is 0 Å². The summed E-state index contributed by atoms with van der Waals surface area (Å²) in [5, 5.41) is 0.890. The van der Waals surface area contributed by atoms with Gasteiger partial charge < -0.3 is 0 Å². The summed E-state index contributed by atoms with van der Waals surface area (Å²) in [4.78, 5) is -0.0260.